The molecule has 0 saturated carbocycles. The second kappa shape index (κ2) is 4.74. The molecule has 1 atom stereocenters. The van der Waals surface area contributed by atoms with E-state index in [0.29, 0.717) is 11.3 Å². The highest BCUT2D eigenvalue weighted by atomic mass is 19.4. The van der Waals surface area contributed by atoms with Crippen LogP contribution < -0.4 is 4.74 Å². The summed E-state index contributed by atoms with van der Waals surface area (Å²) >= 11 is 0. The molecule has 0 bridgehead atoms. The van der Waals surface area contributed by atoms with E-state index in [9.17, 15) is 18.3 Å². The third-order valence-corrected chi connectivity index (χ3v) is 2.23. The van der Waals surface area contributed by atoms with Crippen LogP contribution in [0.3, 0.4) is 0 Å². The first-order chi connectivity index (χ1) is 7.33. The lowest BCUT2D eigenvalue weighted by Gasteiger charge is -2.15. The molecular formula is C11H13F3O2. The largest absolute Gasteiger partial charge is 0.496 e. The van der Waals surface area contributed by atoms with Gasteiger partial charge in [0, 0.05) is 0 Å². The number of aliphatic hydroxyl groups is 1. The highest BCUT2D eigenvalue weighted by molar-refractivity contribution is 5.36. The van der Waals surface area contributed by atoms with Crippen molar-refractivity contribution in [1.29, 1.82) is 0 Å². The van der Waals surface area contributed by atoms with E-state index in [1.165, 1.54) is 19.2 Å². The second-order valence-electron chi connectivity index (χ2n) is 3.56. The summed E-state index contributed by atoms with van der Waals surface area (Å²) in [5.41, 5.74) is 0.942. The fourth-order valence-electron chi connectivity index (χ4n) is 1.45. The maximum absolute atomic E-state index is 12.1. The van der Waals surface area contributed by atoms with Gasteiger partial charge in [-0.05, 0) is 30.2 Å². The van der Waals surface area contributed by atoms with Crippen molar-refractivity contribution in [2.75, 3.05) is 7.11 Å². The van der Waals surface area contributed by atoms with Crippen molar-refractivity contribution in [1.82, 2.24) is 0 Å². The lowest BCUT2D eigenvalue weighted by Crippen LogP contribution is -2.13. The molecule has 0 heterocycles. The second-order valence-corrected chi connectivity index (χ2v) is 3.56. The fraction of sp³-hybridized carbons (Fsp3) is 0.455. The summed E-state index contributed by atoms with van der Waals surface area (Å²) in [5, 5.41) is 9.38. The first-order valence-corrected chi connectivity index (χ1v) is 4.73. The lowest BCUT2D eigenvalue weighted by atomic mass is 10.0. The highest BCUT2D eigenvalue weighted by Crippen LogP contribution is 2.31. The quantitative estimate of drug-likeness (QED) is 0.871. The normalized spacial score (nSPS) is 13.6. The molecule has 0 aliphatic carbocycles. The molecule has 0 radical (unpaired) electrons. The Morgan fingerprint density at radius 3 is 2.44 bits per heavy atom. The van der Waals surface area contributed by atoms with E-state index in [4.69, 9.17) is 4.74 Å². The molecule has 1 unspecified atom stereocenters. The average molecular weight is 234 g/mol. The molecule has 0 aromatic heterocycles. The van der Waals surface area contributed by atoms with Crippen molar-refractivity contribution >= 4 is 0 Å². The van der Waals surface area contributed by atoms with E-state index < -0.39 is 18.7 Å². The van der Waals surface area contributed by atoms with Crippen molar-refractivity contribution in [2.24, 2.45) is 0 Å². The summed E-state index contributed by atoms with van der Waals surface area (Å²) in [6, 6.07) is 4.47. The van der Waals surface area contributed by atoms with Gasteiger partial charge in [0.2, 0.25) is 0 Å². The summed E-state index contributed by atoms with van der Waals surface area (Å²) in [6.45, 7) is 1.71. The first kappa shape index (κ1) is 12.8. The SMILES string of the molecule is COc1ccc(C(O)CC(F)(F)F)cc1C. The minimum absolute atomic E-state index is 0.246. The highest BCUT2D eigenvalue weighted by Gasteiger charge is 2.31. The van der Waals surface area contributed by atoms with Gasteiger partial charge in [0.15, 0.2) is 0 Å². The maximum Gasteiger partial charge on any atom is 0.391 e. The van der Waals surface area contributed by atoms with Crippen molar-refractivity contribution in [3.63, 3.8) is 0 Å². The monoisotopic (exact) mass is 234 g/mol. The number of methoxy groups -OCH3 is 1. The average Bonchev–Trinajstić information content (AvgIpc) is 2.15. The Labute approximate surface area is 91.7 Å². The summed E-state index contributed by atoms with van der Waals surface area (Å²) in [4.78, 5) is 0. The van der Waals surface area contributed by atoms with Gasteiger partial charge in [0.05, 0.1) is 19.6 Å². The van der Waals surface area contributed by atoms with Crippen molar-refractivity contribution < 1.29 is 23.0 Å². The zero-order valence-electron chi connectivity index (χ0n) is 9.01. The Hall–Kier alpha value is -1.23. The number of benzene rings is 1. The maximum atomic E-state index is 12.1. The van der Waals surface area contributed by atoms with Crippen LogP contribution in [0, 0.1) is 6.92 Å². The zero-order valence-corrected chi connectivity index (χ0v) is 9.01. The topological polar surface area (TPSA) is 29.5 Å². The molecule has 1 rings (SSSR count). The van der Waals surface area contributed by atoms with Crippen molar-refractivity contribution in [2.45, 2.75) is 25.6 Å². The number of rotatable bonds is 3. The molecule has 2 nitrogen and oxygen atoms in total. The standard InChI is InChI=1S/C11H13F3O2/c1-7-5-8(3-4-10(7)16-2)9(15)6-11(12,13)14/h3-5,9,15H,6H2,1-2H3. The Bertz CT molecular complexity index is 361. The van der Waals surface area contributed by atoms with Crippen molar-refractivity contribution in [3.05, 3.63) is 29.3 Å². The number of alkyl halides is 3. The van der Waals surface area contributed by atoms with Gasteiger partial charge >= 0.3 is 6.18 Å². The first-order valence-electron chi connectivity index (χ1n) is 4.73. The summed E-state index contributed by atoms with van der Waals surface area (Å²) in [5.74, 6) is 0.586. The van der Waals surface area contributed by atoms with E-state index in [0.717, 1.165) is 0 Å². The van der Waals surface area contributed by atoms with E-state index >= 15 is 0 Å². The molecule has 0 aliphatic heterocycles. The van der Waals surface area contributed by atoms with E-state index in [1.807, 2.05) is 0 Å². The minimum atomic E-state index is -4.37. The number of ether oxygens (including phenoxy) is 1. The van der Waals surface area contributed by atoms with Crippen LogP contribution >= 0.6 is 0 Å². The Balaban J connectivity index is 2.85. The molecule has 0 fully saturated rings. The summed E-state index contributed by atoms with van der Waals surface area (Å²) < 4.78 is 41.1. The number of halogens is 3. The molecule has 0 spiro atoms. The molecule has 90 valence electrons. The smallest absolute Gasteiger partial charge is 0.391 e. The van der Waals surface area contributed by atoms with Gasteiger partial charge in [-0.2, -0.15) is 13.2 Å². The van der Waals surface area contributed by atoms with E-state index in [1.54, 1.807) is 13.0 Å². The third kappa shape index (κ3) is 3.41. The molecule has 1 aromatic rings. The molecule has 16 heavy (non-hydrogen) atoms. The van der Waals surface area contributed by atoms with Gasteiger partial charge in [0.25, 0.3) is 0 Å². The molecule has 1 aromatic carbocycles. The lowest BCUT2D eigenvalue weighted by molar-refractivity contribution is -0.154. The summed E-state index contributed by atoms with van der Waals surface area (Å²) in [7, 11) is 1.48. The molecule has 1 N–H and O–H groups in total. The van der Waals surface area contributed by atoms with Gasteiger partial charge in [0.1, 0.15) is 5.75 Å². The number of hydrogen-bond acceptors (Lipinski definition) is 2. The molecular weight excluding hydrogens is 221 g/mol. The van der Waals surface area contributed by atoms with Gasteiger partial charge in [-0.25, -0.2) is 0 Å². The van der Waals surface area contributed by atoms with Gasteiger partial charge in [-0.1, -0.05) is 6.07 Å². The zero-order chi connectivity index (χ0) is 12.3. The van der Waals surface area contributed by atoms with Crippen LogP contribution in [0.25, 0.3) is 0 Å². The number of aliphatic hydroxyl groups excluding tert-OH is 1. The number of aryl methyl sites for hydroxylation is 1. The van der Waals surface area contributed by atoms with Crippen LogP contribution in [-0.2, 0) is 0 Å². The van der Waals surface area contributed by atoms with Crippen LogP contribution in [0.4, 0.5) is 13.2 Å². The predicted molar refractivity (Wildman–Crippen MR) is 53.4 cm³/mol. The van der Waals surface area contributed by atoms with E-state index in [2.05, 4.69) is 0 Å². The fourth-order valence-corrected chi connectivity index (χ4v) is 1.45. The van der Waals surface area contributed by atoms with E-state index in [-0.39, 0.29) is 5.56 Å². The van der Waals surface area contributed by atoms with Gasteiger partial charge in [-0.3, -0.25) is 0 Å². The molecule has 0 aliphatic rings. The van der Waals surface area contributed by atoms with Crippen LogP contribution in [0.5, 0.6) is 5.75 Å². The molecule has 0 amide bonds. The van der Waals surface area contributed by atoms with Crippen LogP contribution in [0.15, 0.2) is 18.2 Å². The number of hydrogen-bond donors (Lipinski definition) is 1. The van der Waals surface area contributed by atoms with Crippen LogP contribution in [0.2, 0.25) is 0 Å². The van der Waals surface area contributed by atoms with Gasteiger partial charge in [-0.15, -0.1) is 0 Å². The Morgan fingerprint density at radius 2 is 2.00 bits per heavy atom. The summed E-state index contributed by atoms with van der Waals surface area (Å²) in [6.07, 6.45) is -7.13. The van der Waals surface area contributed by atoms with Crippen molar-refractivity contribution in [3.8, 4) is 5.75 Å². The minimum Gasteiger partial charge on any atom is -0.496 e. The van der Waals surface area contributed by atoms with Crippen LogP contribution in [-0.4, -0.2) is 18.4 Å². The Morgan fingerprint density at radius 1 is 1.38 bits per heavy atom. The third-order valence-electron chi connectivity index (χ3n) is 2.23. The predicted octanol–water partition coefficient (Wildman–Crippen LogP) is 2.99. The van der Waals surface area contributed by atoms with Crippen LogP contribution in [0.1, 0.15) is 23.7 Å². The van der Waals surface area contributed by atoms with Gasteiger partial charge < -0.3 is 9.84 Å². The molecule has 5 heteroatoms. The molecule has 0 saturated heterocycles. The Kier molecular flexibility index (Phi) is 3.80.